The van der Waals surface area contributed by atoms with Crippen LogP contribution in [0.4, 0.5) is 0 Å². The lowest BCUT2D eigenvalue weighted by molar-refractivity contribution is 0.357. The Morgan fingerprint density at radius 3 is 2.73 bits per heavy atom. The van der Waals surface area contributed by atoms with Gasteiger partial charge in [0.2, 0.25) is 0 Å². The minimum Gasteiger partial charge on any atom is -0.467 e. The van der Waals surface area contributed by atoms with Crippen LogP contribution < -0.4 is 4.74 Å². The average Bonchev–Trinajstić information content (AvgIpc) is 2.45. The van der Waals surface area contributed by atoms with Gasteiger partial charge >= 0.3 is 6.01 Å². The molecule has 0 fully saturated rings. The first-order chi connectivity index (χ1) is 5.33. The normalized spacial score (nSPS) is 10.1. The molecule has 1 aromatic heterocycles. The molecule has 1 aromatic rings. The van der Waals surface area contributed by atoms with Gasteiger partial charge in [-0.15, -0.1) is 5.10 Å². The summed E-state index contributed by atoms with van der Waals surface area (Å²) in [7, 11) is 1.59. The van der Waals surface area contributed by atoms with Crippen LogP contribution in [0.1, 0.15) is 12.7 Å². The maximum absolute atomic E-state index is 4.99. The van der Waals surface area contributed by atoms with Gasteiger partial charge in [0.25, 0.3) is 0 Å². The van der Waals surface area contributed by atoms with Crippen molar-refractivity contribution in [2.75, 3.05) is 7.11 Å². The standard InChI is InChI=1S/C6H10BrN3O/c1-3-10-5(4-7)8-9-6(10)11-2/h3-4H2,1-2H3. The summed E-state index contributed by atoms with van der Waals surface area (Å²) >= 11 is 3.31. The third kappa shape index (κ3) is 1.53. The van der Waals surface area contributed by atoms with Crippen molar-refractivity contribution in [3.05, 3.63) is 5.82 Å². The Bertz CT molecular complexity index is 214. The van der Waals surface area contributed by atoms with E-state index in [9.17, 15) is 0 Å². The van der Waals surface area contributed by atoms with E-state index in [4.69, 9.17) is 4.74 Å². The van der Waals surface area contributed by atoms with Crippen molar-refractivity contribution >= 4 is 15.9 Å². The van der Waals surface area contributed by atoms with E-state index in [0.717, 1.165) is 12.4 Å². The molecule has 0 saturated carbocycles. The molecule has 0 spiro atoms. The SMILES string of the molecule is CCn1c(CBr)nnc1OC. The van der Waals surface area contributed by atoms with Gasteiger partial charge in [-0.25, -0.2) is 0 Å². The molecule has 0 aromatic carbocycles. The molecule has 0 aliphatic rings. The van der Waals surface area contributed by atoms with Crippen LogP contribution in [0.3, 0.4) is 0 Å². The van der Waals surface area contributed by atoms with E-state index in [-0.39, 0.29) is 0 Å². The molecule has 62 valence electrons. The molecule has 0 amide bonds. The Morgan fingerprint density at radius 2 is 2.27 bits per heavy atom. The fraction of sp³-hybridized carbons (Fsp3) is 0.667. The lowest BCUT2D eigenvalue weighted by Gasteiger charge is -2.02. The van der Waals surface area contributed by atoms with Crippen LogP contribution in [0.2, 0.25) is 0 Å². The topological polar surface area (TPSA) is 39.9 Å². The molecule has 1 heterocycles. The van der Waals surface area contributed by atoms with E-state index in [0.29, 0.717) is 11.3 Å². The summed E-state index contributed by atoms with van der Waals surface area (Å²) in [5.41, 5.74) is 0. The average molecular weight is 220 g/mol. The predicted octanol–water partition coefficient (Wildman–Crippen LogP) is 1.20. The molecule has 0 aliphatic heterocycles. The molecule has 0 atom stereocenters. The van der Waals surface area contributed by atoms with Crippen LogP contribution in [0.15, 0.2) is 0 Å². The quantitative estimate of drug-likeness (QED) is 0.718. The van der Waals surface area contributed by atoms with Crippen LogP contribution in [0.5, 0.6) is 6.01 Å². The molecular formula is C6H10BrN3O. The largest absolute Gasteiger partial charge is 0.467 e. The van der Waals surface area contributed by atoms with E-state index < -0.39 is 0 Å². The summed E-state index contributed by atoms with van der Waals surface area (Å²) < 4.78 is 6.90. The van der Waals surface area contributed by atoms with E-state index in [1.807, 2.05) is 11.5 Å². The minimum absolute atomic E-state index is 0.571. The zero-order chi connectivity index (χ0) is 8.27. The highest BCUT2D eigenvalue weighted by molar-refractivity contribution is 9.08. The number of nitrogens with zero attached hydrogens (tertiary/aromatic N) is 3. The van der Waals surface area contributed by atoms with Gasteiger partial charge in [-0.1, -0.05) is 21.0 Å². The second-order valence-corrected chi connectivity index (χ2v) is 2.54. The fourth-order valence-electron chi connectivity index (χ4n) is 0.887. The van der Waals surface area contributed by atoms with Crippen molar-refractivity contribution in [2.24, 2.45) is 0 Å². The first-order valence-electron chi connectivity index (χ1n) is 3.35. The third-order valence-electron chi connectivity index (χ3n) is 1.41. The molecular weight excluding hydrogens is 210 g/mol. The Hall–Kier alpha value is -0.580. The molecule has 5 heteroatoms. The summed E-state index contributed by atoms with van der Waals surface area (Å²) in [6.45, 7) is 2.86. The highest BCUT2D eigenvalue weighted by Crippen LogP contribution is 2.11. The summed E-state index contributed by atoms with van der Waals surface area (Å²) in [6, 6.07) is 0.571. The highest BCUT2D eigenvalue weighted by atomic mass is 79.9. The van der Waals surface area contributed by atoms with Gasteiger partial charge in [-0.05, 0) is 6.92 Å². The Balaban J connectivity index is 2.99. The van der Waals surface area contributed by atoms with Crippen LogP contribution in [0, 0.1) is 0 Å². The zero-order valence-corrected chi connectivity index (χ0v) is 8.13. The van der Waals surface area contributed by atoms with Crippen molar-refractivity contribution in [3.63, 3.8) is 0 Å². The molecule has 0 unspecified atom stereocenters. The van der Waals surface area contributed by atoms with E-state index in [2.05, 4.69) is 26.1 Å². The van der Waals surface area contributed by atoms with Gasteiger partial charge in [0.15, 0.2) is 0 Å². The molecule has 0 aliphatic carbocycles. The summed E-state index contributed by atoms with van der Waals surface area (Å²) in [5, 5.41) is 8.46. The minimum atomic E-state index is 0.571. The first-order valence-corrected chi connectivity index (χ1v) is 4.47. The number of aromatic nitrogens is 3. The van der Waals surface area contributed by atoms with Crippen molar-refractivity contribution < 1.29 is 4.74 Å². The number of alkyl halides is 1. The fourth-order valence-corrected chi connectivity index (χ4v) is 1.30. The Kier molecular flexibility index (Phi) is 2.87. The van der Waals surface area contributed by atoms with Crippen LogP contribution in [-0.4, -0.2) is 21.9 Å². The van der Waals surface area contributed by atoms with Gasteiger partial charge in [-0.3, -0.25) is 4.57 Å². The maximum Gasteiger partial charge on any atom is 0.316 e. The first kappa shape index (κ1) is 8.52. The van der Waals surface area contributed by atoms with E-state index in [1.165, 1.54) is 0 Å². The van der Waals surface area contributed by atoms with Crippen LogP contribution in [-0.2, 0) is 11.9 Å². The van der Waals surface area contributed by atoms with Crippen molar-refractivity contribution in [1.82, 2.24) is 14.8 Å². The number of ether oxygens (including phenoxy) is 1. The monoisotopic (exact) mass is 219 g/mol. The molecule has 0 N–H and O–H groups in total. The van der Waals surface area contributed by atoms with Gasteiger partial charge in [0.1, 0.15) is 5.82 Å². The van der Waals surface area contributed by atoms with Crippen LogP contribution >= 0.6 is 15.9 Å². The van der Waals surface area contributed by atoms with Gasteiger partial charge in [0.05, 0.1) is 12.4 Å². The summed E-state index contributed by atoms with van der Waals surface area (Å²) in [4.78, 5) is 0. The Labute approximate surface area is 73.7 Å². The van der Waals surface area contributed by atoms with Crippen LogP contribution in [0.25, 0.3) is 0 Å². The summed E-state index contributed by atoms with van der Waals surface area (Å²) in [6.07, 6.45) is 0. The molecule has 0 bridgehead atoms. The number of hydrogen-bond acceptors (Lipinski definition) is 3. The van der Waals surface area contributed by atoms with E-state index >= 15 is 0 Å². The smallest absolute Gasteiger partial charge is 0.316 e. The van der Waals surface area contributed by atoms with Gasteiger partial charge < -0.3 is 4.74 Å². The molecule has 4 nitrogen and oxygen atoms in total. The molecule has 0 saturated heterocycles. The second-order valence-electron chi connectivity index (χ2n) is 1.98. The van der Waals surface area contributed by atoms with Crippen molar-refractivity contribution in [2.45, 2.75) is 18.8 Å². The molecule has 11 heavy (non-hydrogen) atoms. The Morgan fingerprint density at radius 1 is 1.55 bits per heavy atom. The zero-order valence-electron chi connectivity index (χ0n) is 6.54. The highest BCUT2D eigenvalue weighted by Gasteiger charge is 2.07. The third-order valence-corrected chi connectivity index (χ3v) is 1.91. The van der Waals surface area contributed by atoms with Crippen molar-refractivity contribution in [3.8, 4) is 6.01 Å². The molecule has 1 rings (SSSR count). The summed E-state index contributed by atoms with van der Waals surface area (Å²) in [5.74, 6) is 0.893. The van der Waals surface area contributed by atoms with Gasteiger partial charge in [0, 0.05) is 6.54 Å². The molecule has 0 radical (unpaired) electrons. The number of methoxy groups -OCH3 is 1. The predicted molar refractivity (Wildman–Crippen MR) is 44.9 cm³/mol. The number of rotatable bonds is 3. The second kappa shape index (κ2) is 3.71. The maximum atomic E-state index is 4.99. The van der Waals surface area contributed by atoms with Gasteiger partial charge in [-0.2, -0.15) is 0 Å². The lowest BCUT2D eigenvalue weighted by Crippen LogP contribution is -2.01. The number of halogens is 1. The number of hydrogen-bond donors (Lipinski definition) is 0. The van der Waals surface area contributed by atoms with E-state index in [1.54, 1.807) is 7.11 Å². The van der Waals surface area contributed by atoms with Crippen molar-refractivity contribution in [1.29, 1.82) is 0 Å². The lowest BCUT2D eigenvalue weighted by atomic mass is 10.6.